The van der Waals surface area contributed by atoms with E-state index < -0.39 is 0 Å². The lowest BCUT2D eigenvalue weighted by molar-refractivity contribution is 0.591. The van der Waals surface area contributed by atoms with Crippen molar-refractivity contribution in [2.75, 3.05) is 0 Å². The van der Waals surface area contributed by atoms with Crippen LogP contribution in [0.25, 0.3) is 0 Å². The molecule has 4 nitrogen and oxygen atoms in total. The molecule has 1 aromatic carbocycles. The highest BCUT2D eigenvalue weighted by molar-refractivity contribution is 9.10. The molecule has 2 aromatic rings. The molecular formula is C11H12BrFN4S. The molecule has 0 aliphatic carbocycles. The van der Waals surface area contributed by atoms with Crippen molar-refractivity contribution in [2.24, 2.45) is 12.8 Å². The predicted octanol–water partition coefficient (Wildman–Crippen LogP) is 2.64. The van der Waals surface area contributed by atoms with Gasteiger partial charge >= 0.3 is 0 Å². The van der Waals surface area contributed by atoms with Crippen LogP contribution in [0.15, 0.2) is 26.7 Å². The average molecular weight is 331 g/mol. The molecule has 0 saturated heterocycles. The fraction of sp³-hybridized carbons (Fsp3) is 0.273. The van der Waals surface area contributed by atoms with Crippen molar-refractivity contribution in [3.63, 3.8) is 0 Å². The van der Waals surface area contributed by atoms with Crippen molar-refractivity contribution in [1.29, 1.82) is 0 Å². The third kappa shape index (κ3) is 2.43. The minimum Gasteiger partial charge on any atom is -0.326 e. The van der Waals surface area contributed by atoms with Gasteiger partial charge in [-0.1, -0.05) is 6.07 Å². The zero-order valence-corrected chi connectivity index (χ0v) is 12.3. The van der Waals surface area contributed by atoms with Crippen LogP contribution in [0.4, 0.5) is 4.39 Å². The monoisotopic (exact) mass is 330 g/mol. The quantitative estimate of drug-likeness (QED) is 0.939. The Bertz CT molecular complexity index is 585. The normalized spacial score (nSPS) is 10.9. The molecule has 2 rings (SSSR count). The maximum atomic E-state index is 14.1. The van der Waals surface area contributed by atoms with Crippen LogP contribution in [-0.2, 0) is 13.6 Å². The first-order valence-electron chi connectivity index (χ1n) is 5.25. The fourth-order valence-corrected chi connectivity index (χ4v) is 2.90. The second kappa shape index (κ2) is 5.38. The summed E-state index contributed by atoms with van der Waals surface area (Å²) < 4.78 is 16.3. The van der Waals surface area contributed by atoms with Gasteiger partial charge in [0.15, 0.2) is 11.0 Å². The van der Waals surface area contributed by atoms with Crippen molar-refractivity contribution in [3.8, 4) is 0 Å². The van der Waals surface area contributed by atoms with Crippen LogP contribution in [0.5, 0.6) is 0 Å². The number of rotatable bonds is 3. The van der Waals surface area contributed by atoms with Gasteiger partial charge in [-0.2, -0.15) is 0 Å². The summed E-state index contributed by atoms with van der Waals surface area (Å²) in [7, 11) is 1.85. The molecule has 7 heteroatoms. The van der Waals surface area contributed by atoms with E-state index in [-0.39, 0.29) is 5.82 Å². The number of aromatic nitrogens is 3. The Hall–Kier alpha value is -0.920. The summed E-state index contributed by atoms with van der Waals surface area (Å²) in [6.07, 6.45) is 0. The largest absolute Gasteiger partial charge is 0.326 e. The van der Waals surface area contributed by atoms with Crippen molar-refractivity contribution < 1.29 is 4.39 Å². The molecular weight excluding hydrogens is 319 g/mol. The summed E-state index contributed by atoms with van der Waals surface area (Å²) in [5.41, 5.74) is 6.26. The number of hydrogen-bond donors (Lipinski definition) is 1. The van der Waals surface area contributed by atoms with E-state index in [1.54, 1.807) is 12.1 Å². The van der Waals surface area contributed by atoms with E-state index >= 15 is 0 Å². The van der Waals surface area contributed by atoms with Crippen molar-refractivity contribution in [3.05, 3.63) is 33.8 Å². The molecule has 0 amide bonds. The van der Waals surface area contributed by atoms with E-state index in [2.05, 4.69) is 26.1 Å². The summed E-state index contributed by atoms with van der Waals surface area (Å²) in [5.74, 6) is 0.471. The molecule has 0 radical (unpaired) electrons. The van der Waals surface area contributed by atoms with Gasteiger partial charge in [-0.15, -0.1) is 10.2 Å². The van der Waals surface area contributed by atoms with Gasteiger partial charge in [0.05, 0.1) is 9.37 Å². The molecule has 0 bridgehead atoms. The van der Waals surface area contributed by atoms with E-state index in [1.165, 1.54) is 11.8 Å². The van der Waals surface area contributed by atoms with E-state index in [0.29, 0.717) is 21.1 Å². The first kappa shape index (κ1) is 13.5. The Labute approximate surface area is 117 Å². The van der Waals surface area contributed by atoms with Gasteiger partial charge in [0.2, 0.25) is 0 Å². The first-order chi connectivity index (χ1) is 8.54. The molecule has 0 unspecified atom stereocenters. The van der Waals surface area contributed by atoms with Gasteiger partial charge in [-0.3, -0.25) is 0 Å². The maximum absolute atomic E-state index is 14.1. The van der Waals surface area contributed by atoms with Crippen molar-refractivity contribution >= 4 is 27.7 Å². The van der Waals surface area contributed by atoms with E-state index in [4.69, 9.17) is 5.73 Å². The van der Waals surface area contributed by atoms with Crippen LogP contribution in [0.2, 0.25) is 0 Å². The smallest absolute Gasteiger partial charge is 0.195 e. The number of benzene rings is 1. The van der Waals surface area contributed by atoms with Crippen LogP contribution in [0.3, 0.4) is 0 Å². The second-order valence-electron chi connectivity index (χ2n) is 3.75. The molecule has 0 aliphatic heterocycles. The van der Waals surface area contributed by atoms with Gasteiger partial charge in [-0.25, -0.2) is 4.39 Å². The third-order valence-corrected chi connectivity index (χ3v) is 4.53. The second-order valence-corrected chi connectivity index (χ2v) is 5.55. The number of aryl methyl sites for hydroxylation is 1. The predicted molar refractivity (Wildman–Crippen MR) is 71.9 cm³/mol. The Morgan fingerprint density at radius 3 is 2.72 bits per heavy atom. The zero-order chi connectivity index (χ0) is 13.3. The topological polar surface area (TPSA) is 56.7 Å². The van der Waals surface area contributed by atoms with Crippen LogP contribution in [-0.4, -0.2) is 14.8 Å². The molecule has 0 atom stereocenters. The first-order valence-corrected chi connectivity index (χ1v) is 6.86. The Balaban J connectivity index is 2.36. The fourth-order valence-electron chi connectivity index (χ4n) is 1.38. The van der Waals surface area contributed by atoms with E-state index in [0.717, 1.165) is 11.4 Å². The van der Waals surface area contributed by atoms with Crippen LogP contribution in [0.1, 0.15) is 11.4 Å². The Kier molecular flexibility index (Phi) is 4.04. The number of hydrogen-bond acceptors (Lipinski definition) is 4. The van der Waals surface area contributed by atoms with Gasteiger partial charge in [-0.05, 0) is 46.2 Å². The summed E-state index contributed by atoms with van der Waals surface area (Å²) >= 11 is 4.46. The molecule has 1 aromatic heterocycles. The van der Waals surface area contributed by atoms with Crippen molar-refractivity contribution in [1.82, 2.24) is 14.8 Å². The highest BCUT2D eigenvalue weighted by Crippen LogP contribution is 2.33. The molecule has 0 fully saturated rings. The SMILES string of the molecule is Cc1nnc(Sc2ccc(CN)c(Br)c2F)n1C. The lowest BCUT2D eigenvalue weighted by Gasteiger charge is -2.07. The van der Waals surface area contributed by atoms with Gasteiger partial charge in [0.1, 0.15) is 5.82 Å². The minimum absolute atomic E-state index is 0.297. The molecule has 2 N–H and O–H groups in total. The Morgan fingerprint density at radius 1 is 1.44 bits per heavy atom. The molecule has 1 heterocycles. The molecule has 0 spiro atoms. The number of nitrogens with two attached hydrogens (primary N) is 1. The van der Waals surface area contributed by atoms with Crippen LogP contribution >= 0.6 is 27.7 Å². The van der Waals surface area contributed by atoms with E-state index in [1.807, 2.05) is 18.5 Å². The molecule has 96 valence electrons. The highest BCUT2D eigenvalue weighted by Gasteiger charge is 2.14. The molecule has 18 heavy (non-hydrogen) atoms. The number of halogens is 2. The molecule has 0 saturated carbocycles. The minimum atomic E-state index is -0.316. The van der Waals surface area contributed by atoms with Crippen molar-refractivity contribution in [2.45, 2.75) is 23.5 Å². The van der Waals surface area contributed by atoms with Gasteiger partial charge < -0.3 is 10.3 Å². The molecule has 0 aliphatic rings. The number of nitrogens with zero attached hydrogens (tertiary/aromatic N) is 3. The van der Waals surface area contributed by atoms with Crippen LogP contribution < -0.4 is 5.73 Å². The third-order valence-electron chi connectivity index (χ3n) is 2.60. The summed E-state index contributed by atoms with van der Waals surface area (Å²) in [4.78, 5) is 0.495. The lowest BCUT2D eigenvalue weighted by atomic mass is 10.2. The lowest BCUT2D eigenvalue weighted by Crippen LogP contribution is -2.00. The summed E-state index contributed by atoms with van der Waals surface area (Å²) in [5, 5.41) is 8.58. The summed E-state index contributed by atoms with van der Waals surface area (Å²) in [6.45, 7) is 2.15. The zero-order valence-electron chi connectivity index (χ0n) is 9.94. The highest BCUT2D eigenvalue weighted by atomic mass is 79.9. The maximum Gasteiger partial charge on any atom is 0.195 e. The van der Waals surface area contributed by atoms with Gasteiger partial charge in [0.25, 0.3) is 0 Å². The van der Waals surface area contributed by atoms with Gasteiger partial charge in [0, 0.05) is 13.6 Å². The summed E-state index contributed by atoms with van der Waals surface area (Å²) in [6, 6.07) is 3.51. The standard InChI is InChI=1S/C11H12BrFN4S/c1-6-15-16-11(17(6)2)18-8-4-3-7(5-14)9(12)10(8)13/h3-4H,5,14H2,1-2H3. The van der Waals surface area contributed by atoms with E-state index in [9.17, 15) is 4.39 Å². The van der Waals surface area contributed by atoms with Crippen LogP contribution in [0, 0.1) is 12.7 Å². The Morgan fingerprint density at radius 2 is 2.17 bits per heavy atom. The average Bonchev–Trinajstić information content (AvgIpc) is 2.67.